The number of aryl methyl sites for hydroxylation is 1. The van der Waals surface area contributed by atoms with Crippen LogP contribution in [0.4, 0.5) is 0 Å². The molecule has 0 unspecified atom stereocenters. The van der Waals surface area contributed by atoms with E-state index in [0.29, 0.717) is 43.9 Å². The predicted octanol–water partition coefficient (Wildman–Crippen LogP) is 2.40. The largest absolute Gasteiger partial charge is 0.350 e. The first kappa shape index (κ1) is 26.3. The molecule has 1 aromatic carbocycles. The molecule has 0 bridgehead atoms. The van der Waals surface area contributed by atoms with E-state index in [4.69, 9.17) is 0 Å². The maximum Gasteiger partial charge on any atom is 0.246 e. The van der Waals surface area contributed by atoms with Gasteiger partial charge in [-0.1, -0.05) is 24.3 Å². The molecule has 36 heavy (non-hydrogen) atoms. The summed E-state index contributed by atoms with van der Waals surface area (Å²) in [4.78, 5) is 27.8. The highest BCUT2D eigenvalue weighted by Gasteiger charge is 2.38. The Labute approximate surface area is 213 Å². The number of benzene rings is 1. The molecule has 196 valence electrons. The smallest absolute Gasteiger partial charge is 0.246 e. The minimum absolute atomic E-state index is 0.0207. The molecule has 0 saturated carbocycles. The van der Waals surface area contributed by atoms with Crippen molar-refractivity contribution in [1.82, 2.24) is 24.3 Å². The van der Waals surface area contributed by atoms with E-state index in [1.807, 2.05) is 37.8 Å². The topological polar surface area (TPSA) is 105 Å². The lowest BCUT2D eigenvalue weighted by Gasteiger charge is -2.36. The van der Waals surface area contributed by atoms with Crippen LogP contribution >= 0.6 is 0 Å². The predicted molar refractivity (Wildman–Crippen MR) is 137 cm³/mol. The quantitative estimate of drug-likeness (QED) is 0.659. The number of nitrogens with one attached hydrogen (secondary N) is 1. The van der Waals surface area contributed by atoms with E-state index < -0.39 is 15.6 Å². The number of fused-ring (bicyclic) bond motifs is 1. The number of hydrogen-bond donors (Lipinski definition) is 1. The molecule has 1 fully saturated rings. The fourth-order valence-corrected chi connectivity index (χ4v) is 7.13. The van der Waals surface area contributed by atoms with Crippen molar-refractivity contribution in [2.45, 2.75) is 77.4 Å². The van der Waals surface area contributed by atoms with Crippen LogP contribution in [0.3, 0.4) is 0 Å². The number of amides is 2. The molecule has 1 atom stereocenters. The fourth-order valence-electron chi connectivity index (χ4n) is 5.23. The van der Waals surface area contributed by atoms with Gasteiger partial charge in [-0.2, -0.15) is 9.40 Å². The molecule has 9 nitrogen and oxygen atoms in total. The summed E-state index contributed by atoms with van der Waals surface area (Å²) in [7, 11) is -3.87. The van der Waals surface area contributed by atoms with Crippen LogP contribution in [0.25, 0.3) is 0 Å². The van der Waals surface area contributed by atoms with Crippen LogP contribution in [-0.4, -0.2) is 64.4 Å². The van der Waals surface area contributed by atoms with Gasteiger partial charge in [0.1, 0.15) is 11.4 Å². The van der Waals surface area contributed by atoms with Crippen LogP contribution in [0, 0.1) is 19.8 Å². The number of hydrogen-bond acceptors (Lipinski definition) is 5. The monoisotopic (exact) mass is 515 g/mol. The summed E-state index contributed by atoms with van der Waals surface area (Å²) in [5.74, 6) is -0.580. The zero-order chi connectivity index (χ0) is 26.3. The summed E-state index contributed by atoms with van der Waals surface area (Å²) >= 11 is 0. The van der Waals surface area contributed by atoms with Crippen LogP contribution in [0.1, 0.15) is 56.1 Å². The standard InChI is InChI=1S/C26H37N5O4S/c1-18-24(19(2)31(28-18)17-23(32)27-26(3,4)5)36(34,35)30-13-8-11-22(16-30)25(33)29-14-12-20-9-6-7-10-21(20)15-29/h6-7,9-10,22H,8,11-17H2,1-5H3,(H,27,32)/t22-/m0/s1. The van der Waals surface area contributed by atoms with Crippen molar-refractivity contribution in [2.24, 2.45) is 5.92 Å². The molecule has 4 rings (SSSR count). The molecule has 2 aliphatic rings. The lowest BCUT2D eigenvalue weighted by molar-refractivity contribution is -0.137. The average molecular weight is 516 g/mol. The van der Waals surface area contributed by atoms with Gasteiger partial charge in [0.25, 0.3) is 0 Å². The third kappa shape index (κ3) is 5.49. The average Bonchev–Trinajstić information content (AvgIpc) is 3.10. The molecule has 2 amide bonds. The van der Waals surface area contributed by atoms with Crippen LogP contribution in [0.5, 0.6) is 0 Å². The number of aromatic nitrogens is 2. The minimum atomic E-state index is -3.87. The summed E-state index contributed by atoms with van der Waals surface area (Å²) in [6.45, 7) is 10.7. The Morgan fingerprint density at radius 1 is 1.11 bits per heavy atom. The Bertz CT molecular complexity index is 1260. The van der Waals surface area contributed by atoms with Crippen molar-refractivity contribution in [3.63, 3.8) is 0 Å². The Kier molecular flexibility index (Phi) is 7.30. The number of carbonyl (C=O) groups excluding carboxylic acids is 2. The first-order chi connectivity index (χ1) is 16.9. The van der Waals surface area contributed by atoms with Crippen LogP contribution in [0.2, 0.25) is 0 Å². The SMILES string of the molecule is Cc1nn(CC(=O)NC(C)(C)C)c(C)c1S(=O)(=O)N1CCC[C@H](C(=O)N2CCc3ccccc3C2)C1. The molecule has 2 aliphatic heterocycles. The molecule has 3 heterocycles. The summed E-state index contributed by atoms with van der Waals surface area (Å²) < 4.78 is 30.3. The molecule has 1 saturated heterocycles. The number of rotatable bonds is 5. The van der Waals surface area contributed by atoms with E-state index in [-0.39, 0.29) is 35.7 Å². The van der Waals surface area contributed by atoms with Gasteiger partial charge in [-0.3, -0.25) is 14.3 Å². The molecular weight excluding hydrogens is 478 g/mol. The number of sulfonamides is 1. The van der Waals surface area contributed by atoms with Gasteiger partial charge in [-0.15, -0.1) is 0 Å². The van der Waals surface area contributed by atoms with E-state index >= 15 is 0 Å². The van der Waals surface area contributed by atoms with Crippen LogP contribution in [0.15, 0.2) is 29.2 Å². The van der Waals surface area contributed by atoms with Gasteiger partial charge < -0.3 is 10.2 Å². The van der Waals surface area contributed by atoms with Gasteiger partial charge >= 0.3 is 0 Å². The zero-order valence-electron chi connectivity index (χ0n) is 21.9. The number of nitrogens with zero attached hydrogens (tertiary/aromatic N) is 4. The van der Waals surface area contributed by atoms with E-state index in [9.17, 15) is 18.0 Å². The van der Waals surface area contributed by atoms with Crippen molar-refractivity contribution in [2.75, 3.05) is 19.6 Å². The molecule has 0 spiro atoms. The zero-order valence-corrected chi connectivity index (χ0v) is 22.7. The molecule has 2 aromatic rings. The molecule has 0 aliphatic carbocycles. The highest BCUT2D eigenvalue weighted by molar-refractivity contribution is 7.89. The lowest BCUT2D eigenvalue weighted by Crippen LogP contribution is -2.47. The van der Waals surface area contributed by atoms with Gasteiger partial charge in [0.15, 0.2) is 0 Å². The lowest BCUT2D eigenvalue weighted by atomic mass is 9.95. The second kappa shape index (κ2) is 9.97. The normalized spacial score (nSPS) is 19.1. The third-order valence-corrected chi connectivity index (χ3v) is 9.01. The molecule has 0 radical (unpaired) electrons. The van der Waals surface area contributed by atoms with Crippen molar-refractivity contribution in [3.8, 4) is 0 Å². The van der Waals surface area contributed by atoms with Crippen LogP contribution < -0.4 is 5.32 Å². The number of piperidine rings is 1. The number of carbonyl (C=O) groups is 2. The summed E-state index contributed by atoms with van der Waals surface area (Å²) in [5.41, 5.74) is 2.82. The van der Waals surface area contributed by atoms with Crippen molar-refractivity contribution < 1.29 is 18.0 Å². The Balaban J connectivity index is 1.49. The Hall–Kier alpha value is -2.72. The minimum Gasteiger partial charge on any atom is -0.350 e. The van der Waals surface area contributed by atoms with Crippen molar-refractivity contribution in [1.29, 1.82) is 0 Å². The van der Waals surface area contributed by atoms with E-state index in [2.05, 4.69) is 22.5 Å². The van der Waals surface area contributed by atoms with Gasteiger partial charge in [-0.05, 0) is 65.0 Å². The molecule has 1 aromatic heterocycles. The fraction of sp³-hybridized carbons (Fsp3) is 0.577. The highest BCUT2D eigenvalue weighted by atomic mass is 32.2. The second-order valence-electron chi connectivity index (χ2n) is 10.9. The summed E-state index contributed by atoms with van der Waals surface area (Å²) in [6.07, 6.45) is 2.12. The Morgan fingerprint density at radius 3 is 2.50 bits per heavy atom. The second-order valence-corrected chi connectivity index (χ2v) is 12.8. The van der Waals surface area contributed by atoms with Gasteiger partial charge in [0.05, 0.1) is 17.3 Å². The first-order valence-electron chi connectivity index (χ1n) is 12.6. The van der Waals surface area contributed by atoms with Crippen molar-refractivity contribution in [3.05, 3.63) is 46.8 Å². The summed E-state index contributed by atoms with van der Waals surface area (Å²) in [6, 6.07) is 8.16. The van der Waals surface area contributed by atoms with E-state index in [1.165, 1.54) is 14.6 Å². The Morgan fingerprint density at radius 2 is 1.81 bits per heavy atom. The highest BCUT2D eigenvalue weighted by Crippen LogP contribution is 2.30. The maximum absolute atomic E-state index is 13.7. The molecule has 10 heteroatoms. The van der Waals surface area contributed by atoms with Gasteiger partial charge in [0.2, 0.25) is 21.8 Å². The maximum atomic E-state index is 13.7. The first-order valence-corrected chi connectivity index (χ1v) is 14.0. The summed E-state index contributed by atoms with van der Waals surface area (Å²) in [5, 5.41) is 7.24. The molecule has 1 N–H and O–H groups in total. The van der Waals surface area contributed by atoms with E-state index in [0.717, 1.165) is 12.0 Å². The third-order valence-electron chi connectivity index (χ3n) is 6.90. The van der Waals surface area contributed by atoms with Gasteiger partial charge in [-0.25, -0.2) is 8.42 Å². The van der Waals surface area contributed by atoms with Crippen LogP contribution in [-0.2, 0) is 39.1 Å². The van der Waals surface area contributed by atoms with Crippen molar-refractivity contribution >= 4 is 21.8 Å². The molecular formula is C26H37N5O4S. The van der Waals surface area contributed by atoms with Gasteiger partial charge in [0, 0.05) is 31.7 Å². The van der Waals surface area contributed by atoms with E-state index in [1.54, 1.807) is 13.8 Å².